The van der Waals surface area contributed by atoms with Crippen molar-refractivity contribution in [3.8, 4) is 44.5 Å². The molecule has 0 saturated carbocycles. The Hall–Kier alpha value is -6.06. The van der Waals surface area contributed by atoms with Gasteiger partial charge in [0.1, 0.15) is 0 Å². The molecule has 0 saturated heterocycles. The quantitative estimate of drug-likeness (QED) is 0.159. The summed E-state index contributed by atoms with van der Waals surface area (Å²) in [7, 11) is 0. The lowest BCUT2D eigenvalue weighted by Gasteiger charge is -2.23. The van der Waals surface area contributed by atoms with Crippen molar-refractivity contribution >= 4 is 84.6 Å². The van der Waals surface area contributed by atoms with Gasteiger partial charge in [-0.05, 0) is 108 Å². The third-order valence-electron chi connectivity index (χ3n) is 12.3. The predicted molar refractivity (Wildman–Crippen MR) is 241 cm³/mol. The van der Waals surface area contributed by atoms with E-state index >= 15 is 0 Å². The van der Waals surface area contributed by atoms with E-state index < -0.39 is 0 Å². The molecule has 0 fully saturated rings. The van der Waals surface area contributed by atoms with Gasteiger partial charge in [0.2, 0.25) is 0 Å². The van der Waals surface area contributed by atoms with Crippen molar-refractivity contribution in [1.29, 1.82) is 0 Å². The lowest BCUT2D eigenvalue weighted by Crippen LogP contribution is -2.15. The standard InChI is InChI=1S/C53H34S2/c1-53(2)44-27-25-32(41-30-43-35-16-10-12-22-46(35)54-51(43)52-50(41)40-21-11-13-23-47(40)55-52)28-42(44)34-26-24-33(29-45(34)53)49-38-19-8-6-17-36(38)48(31-14-4-3-5-15-31)37-18-7-9-20-39(37)49/h3-30H,1-2H3. The van der Waals surface area contributed by atoms with Gasteiger partial charge >= 0.3 is 0 Å². The summed E-state index contributed by atoms with van der Waals surface area (Å²) in [4.78, 5) is 0. The minimum Gasteiger partial charge on any atom is -0.134 e. The normalized spacial score (nSPS) is 13.4. The van der Waals surface area contributed by atoms with Crippen molar-refractivity contribution in [2.75, 3.05) is 0 Å². The zero-order chi connectivity index (χ0) is 36.4. The van der Waals surface area contributed by atoms with Crippen molar-refractivity contribution < 1.29 is 0 Å². The maximum Gasteiger partial charge on any atom is 0.0540 e. The smallest absolute Gasteiger partial charge is 0.0540 e. The highest BCUT2D eigenvalue weighted by atomic mass is 32.1. The second-order valence-electron chi connectivity index (χ2n) is 15.6. The van der Waals surface area contributed by atoms with Crippen LogP contribution in [0.1, 0.15) is 25.0 Å². The van der Waals surface area contributed by atoms with Crippen LogP contribution >= 0.6 is 22.7 Å². The minimum atomic E-state index is -0.146. The van der Waals surface area contributed by atoms with Crippen LogP contribution in [0.4, 0.5) is 0 Å². The number of thiophene rings is 2. The summed E-state index contributed by atoms with van der Waals surface area (Å²) >= 11 is 3.87. The van der Waals surface area contributed by atoms with Crippen LogP contribution in [0.15, 0.2) is 170 Å². The molecule has 0 aliphatic heterocycles. The fourth-order valence-corrected chi connectivity index (χ4v) is 12.3. The highest BCUT2D eigenvalue weighted by molar-refractivity contribution is 7.33. The Bertz CT molecular complexity index is 3340. The molecule has 11 aromatic rings. The van der Waals surface area contributed by atoms with Crippen molar-refractivity contribution in [1.82, 2.24) is 0 Å². The van der Waals surface area contributed by atoms with Crippen LogP contribution in [-0.2, 0) is 5.41 Å². The molecule has 12 rings (SSSR count). The first-order valence-corrected chi connectivity index (χ1v) is 20.7. The molecule has 1 aliphatic rings. The fourth-order valence-electron chi connectivity index (χ4n) is 9.73. The predicted octanol–water partition coefficient (Wildman–Crippen LogP) is 16.0. The number of rotatable bonds is 3. The van der Waals surface area contributed by atoms with E-state index in [4.69, 9.17) is 0 Å². The first kappa shape index (κ1) is 31.3. The van der Waals surface area contributed by atoms with Gasteiger partial charge in [0.05, 0.1) is 9.40 Å². The van der Waals surface area contributed by atoms with Crippen molar-refractivity contribution in [3.63, 3.8) is 0 Å². The van der Waals surface area contributed by atoms with E-state index in [-0.39, 0.29) is 5.41 Å². The zero-order valence-corrected chi connectivity index (χ0v) is 32.1. The summed E-state index contributed by atoms with van der Waals surface area (Å²) in [5.74, 6) is 0. The van der Waals surface area contributed by atoms with Crippen molar-refractivity contribution in [2.24, 2.45) is 0 Å². The van der Waals surface area contributed by atoms with Gasteiger partial charge in [-0.15, -0.1) is 22.7 Å². The fraction of sp³-hybridized carbons (Fsp3) is 0.0566. The van der Waals surface area contributed by atoms with Gasteiger partial charge < -0.3 is 0 Å². The minimum absolute atomic E-state index is 0.146. The van der Waals surface area contributed by atoms with E-state index in [1.165, 1.54) is 118 Å². The average molecular weight is 735 g/mol. The monoisotopic (exact) mass is 734 g/mol. The molecule has 0 amide bonds. The largest absolute Gasteiger partial charge is 0.134 e. The van der Waals surface area contributed by atoms with Gasteiger partial charge in [0.15, 0.2) is 0 Å². The summed E-state index contributed by atoms with van der Waals surface area (Å²) < 4.78 is 5.50. The molecule has 55 heavy (non-hydrogen) atoms. The molecule has 0 unspecified atom stereocenters. The molecule has 0 atom stereocenters. The molecule has 0 spiro atoms. The van der Waals surface area contributed by atoms with E-state index in [0.717, 1.165) is 0 Å². The van der Waals surface area contributed by atoms with Gasteiger partial charge in [-0.3, -0.25) is 0 Å². The van der Waals surface area contributed by atoms with E-state index in [1.54, 1.807) is 0 Å². The van der Waals surface area contributed by atoms with Gasteiger partial charge in [-0.25, -0.2) is 0 Å². The molecule has 2 heteroatoms. The topological polar surface area (TPSA) is 0 Å². The Balaban J connectivity index is 1.08. The summed E-state index contributed by atoms with van der Waals surface area (Å²) in [6, 6.07) is 63.7. The Labute approximate surface area is 327 Å². The van der Waals surface area contributed by atoms with Crippen LogP contribution in [0.3, 0.4) is 0 Å². The lowest BCUT2D eigenvalue weighted by atomic mass is 9.80. The maximum absolute atomic E-state index is 2.50. The van der Waals surface area contributed by atoms with E-state index in [9.17, 15) is 0 Å². The first-order chi connectivity index (χ1) is 27.0. The number of hydrogen-bond donors (Lipinski definition) is 0. The molecule has 0 bridgehead atoms. The molecule has 2 aromatic heterocycles. The summed E-state index contributed by atoms with van der Waals surface area (Å²) in [5, 5.41) is 10.6. The maximum atomic E-state index is 2.50. The second-order valence-corrected chi connectivity index (χ2v) is 17.7. The average Bonchev–Trinajstić information content (AvgIpc) is 3.87. The Morgan fingerprint density at radius 1 is 0.345 bits per heavy atom. The lowest BCUT2D eigenvalue weighted by molar-refractivity contribution is 0.660. The first-order valence-electron chi connectivity index (χ1n) is 19.1. The Morgan fingerprint density at radius 2 is 0.891 bits per heavy atom. The van der Waals surface area contributed by atoms with Crippen LogP contribution in [-0.4, -0.2) is 0 Å². The SMILES string of the molecule is CC1(C)c2ccc(-c3cc4c5ccccc5sc4c4sc5ccccc5c34)cc2-c2ccc(-c3c4ccccc4c(-c4ccccc4)c4ccccc34)cc21. The van der Waals surface area contributed by atoms with Gasteiger partial charge in [0.25, 0.3) is 0 Å². The van der Waals surface area contributed by atoms with Crippen LogP contribution < -0.4 is 0 Å². The molecule has 1 aliphatic carbocycles. The zero-order valence-electron chi connectivity index (χ0n) is 30.5. The Morgan fingerprint density at radius 3 is 1.58 bits per heavy atom. The van der Waals surface area contributed by atoms with Crippen LogP contribution in [0.25, 0.3) is 106 Å². The summed E-state index contributed by atoms with van der Waals surface area (Å²) in [6.07, 6.45) is 0. The third kappa shape index (κ3) is 4.38. The van der Waals surface area contributed by atoms with Crippen molar-refractivity contribution in [2.45, 2.75) is 19.3 Å². The van der Waals surface area contributed by atoms with E-state index in [1.807, 2.05) is 22.7 Å². The third-order valence-corrected chi connectivity index (χ3v) is 14.8. The highest BCUT2D eigenvalue weighted by Gasteiger charge is 2.36. The number of fused-ring (bicyclic) bond motifs is 12. The number of hydrogen-bond acceptors (Lipinski definition) is 2. The van der Waals surface area contributed by atoms with E-state index in [2.05, 4.69) is 184 Å². The highest BCUT2D eigenvalue weighted by Crippen LogP contribution is 2.54. The van der Waals surface area contributed by atoms with Crippen LogP contribution in [0.5, 0.6) is 0 Å². The Kier molecular flexibility index (Phi) is 6.53. The molecule has 0 nitrogen and oxygen atoms in total. The molecular formula is C53H34S2. The molecule has 0 radical (unpaired) electrons. The van der Waals surface area contributed by atoms with Crippen molar-refractivity contribution in [3.05, 3.63) is 181 Å². The molecular weight excluding hydrogens is 701 g/mol. The van der Waals surface area contributed by atoms with E-state index in [0.29, 0.717) is 0 Å². The molecule has 0 N–H and O–H groups in total. The number of benzene rings is 9. The van der Waals surface area contributed by atoms with Gasteiger partial charge in [-0.1, -0.05) is 153 Å². The van der Waals surface area contributed by atoms with Gasteiger partial charge in [-0.2, -0.15) is 0 Å². The van der Waals surface area contributed by atoms with Crippen LogP contribution in [0, 0.1) is 0 Å². The summed E-state index contributed by atoms with van der Waals surface area (Å²) in [5.41, 5.74) is 13.1. The molecule has 258 valence electrons. The molecule has 9 aromatic carbocycles. The molecule has 2 heterocycles. The van der Waals surface area contributed by atoms with Crippen LogP contribution in [0.2, 0.25) is 0 Å². The summed E-state index contributed by atoms with van der Waals surface area (Å²) in [6.45, 7) is 4.81. The van der Waals surface area contributed by atoms with Gasteiger partial charge in [0, 0.05) is 36.4 Å². The second kappa shape index (κ2) is 11.5.